The summed E-state index contributed by atoms with van der Waals surface area (Å²) in [6.07, 6.45) is 0. The van der Waals surface area contributed by atoms with Crippen LogP contribution in [0.3, 0.4) is 0 Å². The summed E-state index contributed by atoms with van der Waals surface area (Å²) >= 11 is 0. The van der Waals surface area contributed by atoms with Crippen LogP contribution in [0, 0.1) is 5.92 Å². The van der Waals surface area contributed by atoms with Gasteiger partial charge in [-0.25, -0.2) is 0 Å². The highest BCUT2D eigenvalue weighted by atomic mass is 16.5. The Morgan fingerprint density at radius 1 is 1.12 bits per heavy atom. The number of nitrogens with one attached hydrogen (secondary N) is 1. The number of nitrogens with zero attached hydrogens (tertiary/aromatic N) is 1. The van der Waals surface area contributed by atoms with Gasteiger partial charge in [0.2, 0.25) is 5.91 Å². The topological polar surface area (TPSA) is 41.6 Å². The lowest BCUT2D eigenvalue weighted by Gasteiger charge is -2.25. The SMILES string of the molecule is COc1ccccc1C1CNCC1C(=O)N(C)Cc1ccccc1. The Bertz CT molecular complexity index is 687. The summed E-state index contributed by atoms with van der Waals surface area (Å²) in [6, 6.07) is 18.1. The molecule has 0 bridgehead atoms. The molecule has 1 heterocycles. The van der Waals surface area contributed by atoms with Crippen LogP contribution in [0.1, 0.15) is 17.0 Å². The number of carbonyl (C=O) groups is 1. The van der Waals surface area contributed by atoms with Crippen LogP contribution in [0.25, 0.3) is 0 Å². The van der Waals surface area contributed by atoms with Crippen LogP contribution >= 0.6 is 0 Å². The van der Waals surface area contributed by atoms with Gasteiger partial charge in [0, 0.05) is 32.6 Å². The first kappa shape index (κ1) is 16.5. The Morgan fingerprint density at radius 2 is 1.83 bits per heavy atom. The number of methoxy groups -OCH3 is 1. The summed E-state index contributed by atoms with van der Waals surface area (Å²) in [5.41, 5.74) is 2.25. The molecular formula is C20H24N2O2. The van der Waals surface area contributed by atoms with E-state index in [2.05, 4.69) is 11.4 Å². The van der Waals surface area contributed by atoms with Crippen molar-refractivity contribution in [1.29, 1.82) is 0 Å². The molecule has 24 heavy (non-hydrogen) atoms. The van der Waals surface area contributed by atoms with Gasteiger partial charge in [-0.15, -0.1) is 0 Å². The lowest BCUT2D eigenvalue weighted by atomic mass is 9.87. The van der Waals surface area contributed by atoms with E-state index >= 15 is 0 Å². The first-order valence-electron chi connectivity index (χ1n) is 8.33. The predicted octanol–water partition coefficient (Wildman–Crippen LogP) is 2.66. The minimum atomic E-state index is -0.0602. The maximum atomic E-state index is 13.0. The van der Waals surface area contributed by atoms with Crippen molar-refractivity contribution in [3.63, 3.8) is 0 Å². The van der Waals surface area contributed by atoms with Crippen LogP contribution < -0.4 is 10.1 Å². The van der Waals surface area contributed by atoms with Crippen LogP contribution in [-0.2, 0) is 11.3 Å². The molecule has 0 radical (unpaired) electrons. The fraction of sp³-hybridized carbons (Fsp3) is 0.350. The molecule has 0 saturated carbocycles. The normalized spacial score (nSPS) is 19.9. The van der Waals surface area contributed by atoms with Crippen LogP contribution in [0.5, 0.6) is 5.75 Å². The Balaban J connectivity index is 1.76. The van der Waals surface area contributed by atoms with Gasteiger partial charge >= 0.3 is 0 Å². The number of amides is 1. The molecule has 1 aliphatic heterocycles. The minimum absolute atomic E-state index is 0.0602. The van der Waals surface area contributed by atoms with Crippen LogP contribution in [0.4, 0.5) is 0 Å². The molecule has 126 valence electrons. The number of ether oxygens (including phenoxy) is 1. The van der Waals surface area contributed by atoms with E-state index in [9.17, 15) is 4.79 Å². The summed E-state index contributed by atoms with van der Waals surface area (Å²) in [7, 11) is 3.56. The maximum Gasteiger partial charge on any atom is 0.227 e. The third kappa shape index (κ3) is 3.44. The molecule has 2 atom stereocenters. The molecule has 4 heteroatoms. The van der Waals surface area contributed by atoms with Crippen LogP contribution in [-0.4, -0.2) is 38.1 Å². The molecule has 1 N–H and O–H groups in total. The second kappa shape index (κ2) is 7.49. The van der Waals surface area contributed by atoms with Crippen molar-refractivity contribution in [3.8, 4) is 5.75 Å². The van der Waals surface area contributed by atoms with E-state index in [0.717, 1.165) is 23.4 Å². The van der Waals surface area contributed by atoms with Crippen LogP contribution in [0.2, 0.25) is 0 Å². The molecule has 1 aliphatic rings. The average molecular weight is 324 g/mol. The number of hydrogen-bond acceptors (Lipinski definition) is 3. The van der Waals surface area contributed by atoms with Gasteiger partial charge in [0.05, 0.1) is 13.0 Å². The molecule has 2 aromatic carbocycles. The molecule has 3 rings (SSSR count). The average Bonchev–Trinajstić information content (AvgIpc) is 3.11. The van der Waals surface area contributed by atoms with Crippen molar-refractivity contribution in [3.05, 3.63) is 65.7 Å². The highest BCUT2D eigenvalue weighted by Crippen LogP contribution is 2.35. The van der Waals surface area contributed by atoms with Gasteiger partial charge < -0.3 is 15.0 Å². The van der Waals surface area contributed by atoms with Crippen molar-refractivity contribution in [2.24, 2.45) is 5.92 Å². The minimum Gasteiger partial charge on any atom is -0.496 e. The zero-order valence-electron chi connectivity index (χ0n) is 14.2. The quantitative estimate of drug-likeness (QED) is 0.919. The number of benzene rings is 2. The molecule has 0 spiro atoms. The van der Waals surface area contributed by atoms with Gasteiger partial charge in [-0.1, -0.05) is 48.5 Å². The zero-order valence-corrected chi connectivity index (χ0v) is 14.2. The molecule has 0 aromatic heterocycles. The number of rotatable bonds is 5. The van der Waals surface area contributed by atoms with E-state index in [-0.39, 0.29) is 17.7 Å². The highest BCUT2D eigenvalue weighted by molar-refractivity contribution is 5.80. The van der Waals surface area contributed by atoms with Gasteiger partial charge in [-0.05, 0) is 17.2 Å². The summed E-state index contributed by atoms with van der Waals surface area (Å²) in [5, 5.41) is 3.37. The van der Waals surface area contributed by atoms with Gasteiger partial charge in [0.25, 0.3) is 0 Å². The summed E-state index contributed by atoms with van der Waals surface area (Å²) in [5.74, 6) is 1.12. The van der Waals surface area contributed by atoms with Gasteiger partial charge in [0.1, 0.15) is 5.75 Å². The number of carbonyl (C=O) groups excluding carboxylic acids is 1. The molecule has 4 nitrogen and oxygen atoms in total. The van der Waals surface area contributed by atoms with Crippen molar-refractivity contribution in [2.75, 3.05) is 27.2 Å². The van der Waals surface area contributed by atoms with Crippen molar-refractivity contribution in [2.45, 2.75) is 12.5 Å². The molecule has 1 amide bonds. The smallest absolute Gasteiger partial charge is 0.227 e. The van der Waals surface area contributed by atoms with E-state index < -0.39 is 0 Å². The van der Waals surface area contributed by atoms with E-state index in [1.54, 1.807) is 7.11 Å². The maximum absolute atomic E-state index is 13.0. The highest BCUT2D eigenvalue weighted by Gasteiger charge is 2.36. The lowest BCUT2D eigenvalue weighted by molar-refractivity contribution is -0.134. The molecule has 2 unspecified atom stereocenters. The largest absolute Gasteiger partial charge is 0.496 e. The molecular weight excluding hydrogens is 300 g/mol. The summed E-state index contributed by atoms with van der Waals surface area (Å²) in [6.45, 7) is 2.14. The fourth-order valence-corrected chi connectivity index (χ4v) is 3.46. The zero-order chi connectivity index (χ0) is 16.9. The third-order valence-electron chi connectivity index (χ3n) is 4.71. The van der Waals surface area contributed by atoms with Crippen molar-refractivity contribution < 1.29 is 9.53 Å². The molecule has 1 fully saturated rings. The Kier molecular flexibility index (Phi) is 5.16. The summed E-state index contributed by atoms with van der Waals surface area (Å²) in [4.78, 5) is 14.8. The Labute approximate surface area is 143 Å². The fourth-order valence-electron chi connectivity index (χ4n) is 3.46. The number of hydrogen-bond donors (Lipinski definition) is 1. The van der Waals surface area contributed by atoms with Crippen molar-refractivity contribution >= 4 is 5.91 Å². The second-order valence-corrected chi connectivity index (χ2v) is 6.29. The third-order valence-corrected chi connectivity index (χ3v) is 4.71. The number of para-hydroxylation sites is 1. The Hall–Kier alpha value is -2.33. The first-order chi connectivity index (χ1) is 11.7. The summed E-state index contributed by atoms with van der Waals surface area (Å²) < 4.78 is 5.49. The Morgan fingerprint density at radius 3 is 2.58 bits per heavy atom. The standard InChI is InChI=1S/C20H24N2O2/c1-22(14-15-8-4-3-5-9-15)20(23)18-13-21-12-17(18)16-10-6-7-11-19(16)24-2/h3-11,17-18,21H,12-14H2,1-2H3. The van der Waals surface area contributed by atoms with E-state index in [1.165, 1.54) is 0 Å². The molecule has 1 saturated heterocycles. The van der Waals surface area contributed by atoms with Gasteiger partial charge in [-0.3, -0.25) is 4.79 Å². The molecule has 0 aliphatic carbocycles. The van der Waals surface area contributed by atoms with E-state index in [1.807, 2.05) is 60.5 Å². The van der Waals surface area contributed by atoms with Crippen LogP contribution in [0.15, 0.2) is 54.6 Å². The lowest BCUT2D eigenvalue weighted by Crippen LogP contribution is -2.35. The van der Waals surface area contributed by atoms with Crippen molar-refractivity contribution in [1.82, 2.24) is 10.2 Å². The van der Waals surface area contributed by atoms with E-state index in [4.69, 9.17) is 4.74 Å². The van der Waals surface area contributed by atoms with E-state index in [0.29, 0.717) is 13.1 Å². The predicted molar refractivity (Wildman–Crippen MR) is 95.0 cm³/mol. The second-order valence-electron chi connectivity index (χ2n) is 6.29. The van der Waals surface area contributed by atoms with Gasteiger partial charge in [-0.2, -0.15) is 0 Å². The monoisotopic (exact) mass is 324 g/mol. The van der Waals surface area contributed by atoms with Gasteiger partial charge in [0.15, 0.2) is 0 Å². The molecule has 2 aromatic rings. The first-order valence-corrected chi connectivity index (χ1v) is 8.33.